The molecule has 5 aromatic heterocycles. The molecule has 10 unspecified atom stereocenters. The second-order valence-electron chi connectivity index (χ2n) is 36.6. The van der Waals surface area contributed by atoms with Crippen molar-refractivity contribution >= 4 is 45.5 Å². The van der Waals surface area contributed by atoms with Gasteiger partial charge in [0.15, 0.2) is 0 Å². The van der Waals surface area contributed by atoms with Crippen LogP contribution in [0.4, 0.5) is 64.9 Å². The Morgan fingerprint density at radius 3 is 1.18 bits per heavy atom. The van der Waals surface area contributed by atoms with Gasteiger partial charge in [-0.1, -0.05) is 82.7 Å². The quantitative estimate of drug-likeness (QED) is 0.129. The van der Waals surface area contributed by atoms with Crippen LogP contribution in [0.3, 0.4) is 0 Å². The van der Waals surface area contributed by atoms with Crippen LogP contribution in [-0.4, -0.2) is 164 Å². The molecule has 21 nitrogen and oxygen atoms in total. The summed E-state index contributed by atoms with van der Waals surface area (Å²) in [5.74, 6) is -2.94. The van der Waals surface area contributed by atoms with Gasteiger partial charge >= 0.3 is 24.3 Å². The number of ether oxygens (including phenoxy) is 2. The number of piperidine rings is 5. The fourth-order valence-electron chi connectivity index (χ4n) is 20.5. The molecule has 0 aliphatic carbocycles. The third-order valence-electron chi connectivity index (χ3n) is 25.8. The number of amides is 2. The number of hydrogen-bond acceptors (Lipinski definition) is 13. The zero-order valence-electron chi connectivity index (χ0n) is 73.5. The number of imidazole rings is 5. The maximum absolute atomic E-state index is 14.8. The number of halogens is 11. The number of benzene rings is 7. The first kappa shape index (κ1) is 92.2. The van der Waals surface area contributed by atoms with E-state index in [1.165, 1.54) is 24.3 Å². The van der Waals surface area contributed by atoms with E-state index in [1.54, 1.807) is 120 Å². The van der Waals surface area contributed by atoms with Crippen molar-refractivity contribution in [1.82, 2.24) is 62.9 Å². The lowest BCUT2D eigenvalue weighted by Crippen LogP contribution is -2.45. The molecule has 688 valence electrons. The third-order valence-corrected chi connectivity index (χ3v) is 26.5. The van der Waals surface area contributed by atoms with Gasteiger partial charge in [-0.05, 0) is 191 Å². The van der Waals surface area contributed by atoms with Crippen LogP contribution in [0, 0.1) is 70.3 Å². The largest absolute Gasteiger partial charge is 0.490 e. The molecule has 14 heterocycles. The highest BCUT2D eigenvalue weighted by Gasteiger charge is 2.45. The van der Waals surface area contributed by atoms with Crippen LogP contribution in [0.15, 0.2) is 213 Å². The van der Waals surface area contributed by atoms with Gasteiger partial charge in [0.1, 0.15) is 51.9 Å². The highest BCUT2D eigenvalue weighted by Crippen LogP contribution is 2.52. The number of rotatable bonds is 9. The molecule has 32 heteroatoms. The standard InChI is InChI=1S/2C21H19F2N3.C20H25BrFN3O2.C20H24FN3O2.C15H16FN3.C2HF3O2/c2*22-15-5-1-6-16(10-15)25-9-3-4-14(12-25)21-20-17(7-2-8-18(20)23)19-11-24-13-26(19)21;1-20(2,3)27-19(26)24-10-5-6-14(12-24)18(25-11-9-23-13-25)17-15(21)7-4-8-16(17)22;1-20(2,3)26-19(25)23-9-5-6-13(11-23)18-17-14(7-4-8-15(17)21)16-10-22-12-24(16)18;16-12-5-1-4-11-13-8-18-9-19(13)15(14(11)12)10-3-2-6-17-7-10;3-2(4,5)1(6)7/h2*1-2,5-8,10-11,13-14,21H,3-4,9,12H2;4,7-9,11,13-14,18H,5-6,10,12H2,1-3H3;4,7-8,10,12-13,18H,5-6,9,11H2,1-3H3;1,4-5,8-10,15,17H,2-3,6-7H2;(H,6,7). The summed E-state index contributed by atoms with van der Waals surface area (Å²) < 4.78 is 154. The SMILES string of the molecule is CC(C)(C)OC(=O)N1CCCC(C(c2c(F)cccc2Br)n2ccnc2)C1.CC(C)(C)OC(=O)N1CCCC(C2c3c(F)cccc3-c3cncn32)C1.Fc1cccc(N2CCCC(C3c4c(F)cccc4-c4cncn43)C2)c1.Fc1cccc(N2CCCC(C3c4c(F)cccc4-c4cncn43)C2)c1.Fc1cccc2c1C(C1CCCNC1)n1cncc1-2.O=C(O)C(F)(F)F. The first-order chi connectivity index (χ1) is 62.9. The van der Waals surface area contributed by atoms with Crippen LogP contribution in [0.2, 0.25) is 0 Å². The van der Waals surface area contributed by atoms with Gasteiger partial charge in [-0.2, -0.15) is 13.2 Å². The molecule has 21 rings (SSSR count). The minimum absolute atomic E-state index is 0.0497. The Hall–Kier alpha value is -12.1. The first-order valence-electron chi connectivity index (χ1n) is 44.5. The number of aromatic nitrogens is 10. The van der Waals surface area contributed by atoms with Crippen molar-refractivity contribution in [2.45, 2.75) is 153 Å². The lowest BCUT2D eigenvalue weighted by molar-refractivity contribution is -0.192. The van der Waals surface area contributed by atoms with Crippen LogP contribution >= 0.6 is 15.9 Å². The van der Waals surface area contributed by atoms with E-state index in [1.807, 2.05) is 120 Å². The van der Waals surface area contributed by atoms with E-state index < -0.39 is 23.3 Å². The number of aliphatic carboxylic acids is 1. The summed E-state index contributed by atoms with van der Waals surface area (Å²) in [5.41, 5.74) is 12.2. The molecule has 9 aliphatic rings. The molecule has 9 aliphatic heterocycles. The van der Waals surface area contributed by atoms with E-state index in [-0.39, 0.29) is 107 Å². The van der Waals surface area contributed by atoms with Gasteiger partial charge < -0.3 is 62.3 Å². The van der Waals surface area contributed by atoms with E-state index in [0.717, 1.165) is 187 Å². The van der Waals surface area contributed by atoms with Gasteiger partial charge in [0.25, 0.3) is 0 Å². The molecule has 0 saturated carbocycles. The van der Waals surface area contributed by atoms with E-state index >= 15 is 0 Å². The van der Waals surface area contributed by atoms with Gasteiger partial charge in [0.05, 0.1) is 109 Å². The molecular weight excluding hydrogens is 1770 g/mol. The van der Waals surface area contributed by atoms with Gasteiger partial charge in [0, 0.05) is 161 Å². The van der Waals surface area contributed by atoms with E-state index in [9.17, 15) is 53.5 Å². The summed E-state index contributed by atoms with van der Waals surface area (Å²) in [7, 11) is 0. The second-order valence-corrected chi connectivity index (χ2v) is 37.5. The van der Waals surface area contributed by atoms with Gasteiger partial charge in [0.2, 0.25) is 0 Å². The molecule has 10 atom stereocenters. The number of fused-ring (bicyclic) bond motifs is 12. The molecule has 131 heavy (non-hydrogen) atoms. The summed E-state index contributed by atoms with van der Waals surface area (Å²) in [6.45, 7) is 19.0. The van der Waals surface area contributed by atoms with E-state index in [2.05, 4.69) is 74.2 Å². The molecule has 2 amide bonds. The van der Waals surface area contributed by atoms with Crippen molar-refractivity contribution < 1.29 is 72.9 Å². The molecule has 0 spiro atoms. The van der Waals surface area contributed by atoms with E-state index in [0.29, 0.717) is 37.7 Å². The van der Waals surface area contributed by atoms with Crippen LogP contribution in [-0.2, 0) is 14.3 Å². The number of carboxylic acids is 1. The average Bonchev–Trinajstić information content (AvgIpc) is 1.60. The van der Waals surface area contributed by atoms with Crippen LogP contribution in [0.5, 0.6) is 0 Å². The van der Waals surface area contributed by atoms with Crippen molar-refractivity contribution in [3.05, 3.63) is 281 Å². The van der Waals surface area contributed by atoms with E-state index in [4.69, 9.17) is 19.4 Å². The zero-order valence-corrected chi connectivity index (χ0v) is 75.0. The highest BCUT2D eigenvalue weighted by molar-refractivity contribution is 9.10. The minimum atomic E-state index is -5.08. The number of alkyl halides is 3. The van der Waals surface area contributed by atoms with Crippen LogP contribution < -0.4 is 15.1 Å². The number of nitrogens with zero attached hydrogens (tertiary/aromatic N) is 14. The van der Waals surface area contributed by atoms with Crippen molar-refractivity contribution in [3.63, 3.8) is 0 Å². The fourth-order valence-corrected chi connectivity index (χ4v) is 21.0. The predicted octanol–water partition coefficient (Wildman–Crippen LogP) is 21.8. The summed E-state index contributed by atoms with van der Waals surface area (Å²) in [5, 5.41) is 10.6. The highest BCUT2D eigenvalue weighted by atomic mass is 79.9. The molecule has 7 aromatic carbocycles. The maximum Gasteiger partial charge on any atom is 0.490 e. The molecule has 12 aromatic rings. The summed E-state index contributed by atoms with van der Waals surface area (Å²) in [6, 6.07) is 39.1. The predicted molar refractivity (Wildman–Crippen MR) is 481 cm³/mol. The van der Waals surface area contributed by atoms with Crippen molar-refractivity contribution in [2.75, 3.05) is 75.2 Å². The molecule has 0 radical (unpaired) electrons. The average molecular weight is 1870 g/mol. The van der Waals surface area contributed by atoms with Crippen molar-refractivity contribution in [1.29, 1.82) is 0 Å². The number of likely N-dealkylation sites (tertiary alicyclic amines) is 2. The first-order valence-corrected chi connectivity index (χ1v) is 45.3. The van der Waals surface area contributed by atoms with Crippen LogP contribution in [0.25, 0.3) is 45.0 Å². The topological polar surface area (TPSA) is 204 Å². The third kappa shape index (κ3) is 20.1. The Morgan fingerprint density at radius 2 is 0.809 bits per heavy atom. The van der Waals surface area contributed by atoms with Gasteiger partial charge in [-0.15, -0.1) is 0 Å². The minimum Gasteiger partial charge on any atom is -0.475 e. The Bertz CT molecular complexity index is 5860. The molecule has 5 saturated heterocycles. The lowest BCUT2D eigenvalue weighted by atomic mass is 9.86. The number of anilines is 2. The Kier molecular flexibility index (Phi) is 27.6. The maximum atomic E-state index is 14.8. The van der Waals surface area contributed by atoms with Crippen LogP contribution in [0.1, 0.15) is 164 Å². The summed E-state index contributed by atoms with van der Waals surface area (Å²) >= 11 is 3.50. The number of hydrogen-bond donors (Lipinski definition) is 2. The Labute approximate surface area is 761 Å². The summed E-state index contributed by atoms with van der Waals surface area (Å²) in [4.78, 5) is 63.1. The van der Waals surface area contributed by atoms with Crippen molar-refractivity contribution in [3.8, 4) is 45.0 Å². The normalized spacial score (nSPS) is 21.1. The van der Waals surface area contributed by atoms with Gasteiger partial charge in [-0.3, -0.25) is 0 Å². The number of carbonyl (C=O) groups excluding carboxylic acids is 2. The number of nitrogens with one attached hydrogen (secondary N) is 1. The smallest absolute Gasteiger partial charge is 0.475 e. The monoisotopic (exact) mass is 1870 g/mol. The molecular formula is C99H104BrF10N15O6. The lowest BCUT2D eigenvalue weighted by Gasteiger charge is -2.38. The van der Waals surface area contributed by atoms with Crippen molar-refractivity contribution in [2.24, 2.45) is 29.6 Å². The molecule has 2 N–H and O–H groups in total. The number of carboxylic acid groups (broad SMARTS) is 1. The number of carbonyl (C=O) groups is 3. The Morgan fingerprint density at radius 1 is 0.443 bits per heavy atom. The zero-order chi connectivity index (χ0) is 92.3. The Balaban J connectivity index is 0.000000118. The van der Waals surface area contributed by atoms with Gasteiger partial charge in [-0.25, -0.2) is 70.0 Å². The molecule has 5 fully saturated rings. The fraction of sp³-hybridized carbons (Fsp3) is 0.394. The molecule has 0 bridgehead atoms. The summed E-state index contributed by atoms with van der Waals surface area (Å²) in [6.07, 6.45) is 23.9. The second kappa shape index (κ2) is 39.2.